The number of benzene rings is 1. The first-order chi connectivity index (χ1) is 12.6. The van der Waals surface area contributed by atoms with Crippen LogP contribution < -0.4 is 19.5 Å². The first kappa shape index (κ1) is 19.3. The van der Waals surface area contributed by atoms with Crippen molar-refractivity contribution in [2.75, 3.05) is 39.4 Å². The zero-order chi connectivity index (χ0) is 18.4. The summed E-state index contributed by atoms with van der Waals surface area (Å²) >= 11 is 0. The molecule has 1 aromatic rings. The van der Waals surface area contributed by atoms with Crippen LogP contribution in [-0.4, -0.2) is 67.6 Å². The van der Waals surface area contributed by atoms with Crippen LogP contribution in [0.1, 0.15) is 33.1 Å². The molecule has 0 aliphatic carbocycles. The molecule has 26 heavy (non-hydrogen) atoms. The van der Waals surface area contributed by atoms with E-state index >= 15 is 0 Å². The summed E-state index contributed by atoms with van der Waals surface area (Å²) in [6, 6.07) is 6.01. The van der Waals surface area contributed by atoms with Crippen LogP contribution in [0.15, 0.2) is 18.2 Å². The monoisotopic (exact) mass is 364 g/mol. The third-order valence-corrected chi connectivity index (χ3v) is 4.75. The molecule has 2 aliphatic heterocycles. The third kappa shape index (κ3) is 5.50. The lowest BCUT2D eigenvalue weighted by Gasteiger charge is -2.33. The number of piperidine rings is 1. The van der Waals surface area contributed by atoms with Crippen LogP contribution in [0.3, 0.4) is 0 Å². The molecule has 0 bridgehead atoms. The molecule has 6 nitrogen and oxygen atoms in total. The van der Waals surface area contributed by atoms with Crippen LogP contribution >= 0.6 is 0 Å². The van der Waals surface area contributed by atoms with Crippen LogP contribution in [-0.2, 0) is 0 Å². The Labute approximate surface area is 156 Å². The molecule has 2 N–H and O–H groups in total. The number of aliphatic hydroxyl groups is 1. The van der Waals surface area contributed by atoms with Gasteiger partial charge in [-0.2, -0.15) is 0 Å². The molecule has 1 saturated heterocycles. The van der Waals surface area contributed by atoms with Crippen molar-refractivity contribution in [3.8, 4) is 17.2 Å². The van der Waals surface area contributed by atoms with Gasteiger partial charge in [-0.15, -0.1) is 0 Å². The Morgan fingerprint density at radius 2 is 2.08 bits per heavy atom. The van der Waals surface area contributed by atoms with Crippen molar-refractivity contribution in [1.82, 2.24) is 10.2 Å². The van der Waals surface area contributed by atoms with Gasteiger partial charge in [0.05, 0.1) is 0 Å². The maximum absolute atomic E-state index is 10.0. The van der Waals surface area contributed by atoms with Gasteiger partial charge in [0.15, 0.2) is 11.5 Å². The minimum absolute atomic E-state index is 0.0525. The summed E-state index contributed by atoms with van der Waals surface area (Å²) in [4.78, 5) is 2.46. The van der Waals surface area contributed by atoms with Gasteiger partial charge in [-0.3, -0.25) is 4.90 Å². The lowest BCUT2D eigenvalue weighted by molar-refractivity contribution is 0.0483. The largest absolute Gasteiger partial charge is 0.487 e. The number of hydrogen-bond donors (Lipinski definition) is 2. The van der Waals surface area contributed by atoms with Crippen molar-refractivity contribution >= 4 is 0 Å². The Kier molecular flexibility index (Phi) is 7.00. The number of aliphatic hydroxyl groups excluding tert-OH is 1. The summed E-state index contributed by atoms with van der Waals surface area (Å²) in [5.41, 5.74) is 0. The summed E-state index contributed by atoms with van der Waals surface area (Å²) in [5, 5.41) is 13.2. The van der Waals surface area contributed by atoms with Crippen LogP contribution in [0.4, 0.5) is 0 Å². The van der Waals surface area contributed by atoms with Crippen LogP contribution in [0.5, 0.6) is 17.2 Å². The van der Waals surface area contributed by atoms with E-state index in [-0.39, 0.29) is 12.7 Å². The van der Waals surface area contributed by atoms with Gasteiger partial charge in [-0.25, -0.2) is 0 Å². The molecule has 2 aliphatic rings. The van der Waals surface area contributed by atoms with E-state index in [1.54, 1.807) is 0 Å². The van der Waals surface area contributed by atoms with Gasteiger partial charge in [-0.05, 0) is 38.1 Å². The number of ether oxygens (including phenoxy) is 3. The number of nitrogens with zero attached hydrogens (tertiary/aromatic N) is 1. The lowest BCUT2D eigenvalue weighted by Crippen LogP contribution is -2.43. The number of likely N-dealkylation sites (tertiary alicyclic amines) is 1. The van der Waals surface area contributed by atoms with Crippen molar-refractivity contribution < 1.29 is 19.3 Å². The molecule has 2 unspecified atom stereocenters. The highest BCUT2D eigenvalue weighted by Crippen LogP contribution is 2.40. The van der Waals surface area contributed by atoms with Gasteiger partial charge >= 0.3 is 0 Å². The molecule has 0 saturated carbocycles. The lowest BCUT2D eigenvalue weighted by atomic mass is 10.1. The molecule has 3 rings (SSSR count). The Hall–Kier alpha value is -1.50. The summed E-state index contributed by atoms with van der Waals surface area (Å²) in [6.45, 7) is 8.56. The summed E-state index contributed by atoms with van der Waals surface area (Å²) in [5.74, 6) is 2.00. The zero-order valence-electron chi connectivity index (χ0n) is 15.9. The van der Waals surface area contributed by atoms with E-state index in [1.807, 2.05) is 32.0 Å². The highest BCUT2D eigenvalue weighted by Gasteiger charge is 2.26. The number of nitrogens with one attached hydrogen (secondary N) is 1. The number of hydrogen-bond acceptors (Lipinski definition) is 6. The number of rotatable bonds is 8. The fourth-order valence-corrected chi connectivity index (χ4v) is 3.37. The highest BCUT2D eigenvalue weighted by atomic mass is 16.6. The van der Waals surface area contributed by atoms with E-state index in [4.69, 9.17) is 14.2 Å². The average Bonchev–Trinajstić information content (AvgIpc) is 2.65. The topological polar surface area (TPSA) is 63.2 Å². The van der Waals surface area contributed by atoms with Crippen LogP contribution in [0.25, 0.3) is 0 Å². The fraction of sp³-hybridized carbons (Fsp3) is 0.700. The fourth-order valence-electron chi connectivity index (χ4n) is 3.37. The summed E-state index contributed by atoms with van der Waals surface area (Å²) in [6.07, 6.45) is 3.37. The Morgan fingerprint density at radius 3 is 2.85 bits per heavy atom. The first-order valence-corrected chi connectivity index (χ1v) is 9.81. The standard InChI is InChI=1S/C20H32N2O4/c1-15(2)21-11-16(23)13-24-18-7-6-8-19-20(18)25-14-17(26-19)12-22-9-4-3-5-10-22/h6-8,15-17,21,23H,3-5,9-14H2,1-2H3. The van der Waals surface area contributed by atoms with Crippen molar-refractivity contribution in [1.29, 1.82) is 0 Å². The van der Waals surface area contributed by atoms with E-state index in [0.29, 0.717) is 30.7 Å². The molecule has 0 spiro atoms. The Morgan fingerprint density at radius 1 is 1.27 bits per heavy atom. The molecule has 0 aromatic heterocycles. The molecule has 146 valence electrons. The van der Waals surface area contributed by atoms with Crippen molar-refractivity contribution in [2.45, 2.75) is 51.4 Å². The van der Waals surface area contributed by atoms with Gasteiger partial charge in [-0.1, -0.05) is 26.3 Å². The minimum atomic E-state index is -0.565. The Bertz CT molecular complexity index is 561. The van der Waals surface area contributed by atoms with E-state index in [9.17, 15) is 5.11 Å². The zero-order valence-corrected chi connectivity index (χ0v) is 15.9. The van der Waals surface area contributed by atoms with Crippen molar-refractivity contribution in [3.63, 3.8) is 0 Å². The molecule has 1 aromatic carbocycles. The molecule has 0 amide bonds. The van der Waals surface area contributed by atoms with E-state index < -0.39 is 6.10 Å². The predicted octanol–water partition coefficient (Wildman–Crippen LogP) is 2.05. The SMILES string of the molecule is CC(C)NCC(O)COc1cccc2c1OCC(CN1CCCCC1)O2. The third-order valence-electron chi connectivity index (χ3n) is 4.75. The van der Waals surface area contributed by atoms with Crippen molar-refractivity contribution in [2.24, 2.45) is 0 Å². The minimum Gasteiger partial charge on any atom is -0.487 e. The molecular formula is C20H32N2O4. The first-order valence-electron chi connectivity index (χ1n) is 9.81. The Balaban J connectivity index is 1.52. The smallest absolute Gasteiger partial charge is 0.203 e. The van der Waals surface area contributed by atoms with Gasteiger partial charge in [0.1, 0.15) is 25.4 Å². The highest BCUT2D eigenvalue weighted by molar-refractivity contribution is 5.52. The van der Waals surface area contributed by atoms with Gasteiger partial charge in [0, 0.05) is 19.1 Å². The van der Waals surface area contributed by atoms with E-state index in [2.05, 4.69) is 10.2 Å². The summed E-state index contributed by atoms with van der Waals surface area (Å²) in [7, 11) is 0. The van der Waals surface area contributed by atoms with E-state index in [0.717, 1.165) is 25.4 Å². The van der Waals surface area contributed by atoms with E-state index in [1.165, 1.54) is 19.3 Å². The van der Waals surface area contributed by atoms with Gasteiger partial charge in [0.2, 0.25) is 5.75 Å². The quantitative estimate of drug-likeness (QED) is 0.736. The molecular weight excluding hydrogens is 332 g/mol. The second-order valence-electron chi connectivity index (χ2n) is 7.52. The second-order valence-corrected chi connectivity index (χ2v) is 7.52. The normalized spacial score (nSPS) is 21.6. The molecule has 2 atom stereocenters. The number of fused-ring (bicyclic) bond motifs is 1. The average molecular weight is 364 g/mol. The van der Waals surface area contributed by atoms with Crippen LogP contribution in [0, 0.1) is 0 Å². The molecule has 2 heterocycles. The second kappa shape index (κ2) is 9.44. The van der Waals surface area contributed by atoms with Gasteiger partial charge < -0.3 is 24.6 Å². The predicted molar refractivity (Wildman–Crippen MR) is 101 cm³/mol. The molecule has 6 heteroatoms. The van der Waals surface area contributed by atoms with Gasteiger partial charge in [0.25, 0.3) is 0 Å². The maximum Gasteiger partial charge on any atom is 0.203 e. The maximum atomic E-state index is 10.0. The number of para-hydroxylation sites is 1. The molecule has 0 radical (unpaired) electrons. The molecule has 1 fully saturated rings. The van der Waals surface area contributed by atoms with Crippen molar-refractivity contribution in [3.05, 3.63) is 18.2 Å². The summed E-state index contributed by atoms with van der Waals surface area (Å²) < 4.78 is 17.9. The van der Waals surface area contributed by atoms with Crippen LogP contribution in [0.2, 0.25) is 0 Å².